The average Bonchev–Trinajstić information content (AvgIpc) is 2.90. The number of hydrogen-bond acceptors (Lipinski definition) is 4. The van der Waals surface area contributed by atoms with Crippen LogP contribution in [-0.2, 0) is 4.79 Å². The highest BCUT2D eigenvalue weighted by Gasteiger charge is 2.40. The van der Waals surface area contributed by atoms with Crippen molar-refractivity contribution in [3.05, 3.63) is 30.5 Å². The molecule has 1 aromatic heterocycles. The summed E-state index contributed by atoms with van der Waals surface area (Å²) in [6.07, 6.45) is 2.63. The predicted molar refractivity (Wildman–Crippen MR) is 85.2 cm³/mol. The van der Waals surface area contributed by atoms with Crippen LogP contribution in [0.2, 0.25) is 0 Å². The molecule has 1 aliphatic heterocycles. The third-order valence-electron chi connectivity index (χ3n) is 4.37. The highest BCUT2D eigenvalue weighted by molar-refractivity contribution is 5.98. The molecule has 1 aromatic carbocycles. The minimum absolute atomic E-state index is 0.0999. The summed E-state index contributed by atoms with van der Waals surface area (Å²) in [4.78, 5) is 18.7. The Balaban J connectivity index is 2.00. The number of aromatic nitrogens is 1. The van der Waals surface area contributed by atoms with Gasteiger partial charge in [-0.1, -0.05) is 12.1 Å². The van der Waals surface area contributed by atoms with E-state index in [0.29, 0.717) is 12.2 Å². The molecule has 5 heteroatoms. The number of nitrogen functional groups attached to an aromatic ring is 1. The van der Waals surface area contributed by atoms with Gasteiger partial charge in [-0.05, 0) is 25.5 Å². The first-order chi connectivity index (χ1) is 10.0. The summed E-state index contributed by atoms with van der Waals surface area (Å²) in [5, 5.41) is 3.81. The van der Waals surface area contributed by atoms with Gasteiger partial charge in [0.05, 0.1) is 16.6 Å². The van der Waals surface area contributed by atoms with Gasteiger partial charge in [-0.25, -0.2) is 0 Å². The Morgan fingerprint density at radius 2 is 2.24 bits per heavy atom. The van der Waals surface area contributed by atoms with Gasteiger partial charge < -0.3 is 16.0 Å². The second kappa shape index (κ2) is 4.91. The van der Waals surface area contributed by atoms with Crippen LogP contribution in [0, 0.1) is 5.41 Å². The van der Waals surface area contributed by atoms with Crippen LogP contribution in [0.4, 0.5) is 11.4 Å². The molecule has 5 nitrogen and oxygen atoms in total. The van der Waals surface area contributed by atoms with Crippen LogP contribution < -0.4 is 16.0 Å². The first kappa shape index (κ1) is 13.7. The third kappa shape index (κ3) is 2.18. The van der Waals surface area contributed by atoms with Crippen molar-refractivity contribution < 1.29 is 4.79 Å². The zero-order valence-corrected chi connectivity index (χ0v) is 12.4. The van der Waals surface area contributed by atoms with Crippen molar-refractivity contribution in [3.8, 4) is 0 Å². The molecule has 0 aliphatic carbocycles. The third-order valence-corrected chi connectivity index (χ3v) is 4.37. The normalized spacial score (nSPS) is 21.7. The van der Waals surface area contributed by atoms with Crippen molar-refractivity contribution in [2.75, 3.05) is 30.8 Å². The molecule has 3 rings (SSSR count). The van der Waals surface area contributed by atoms with Crippen LogP contribution in [0.25, 0.3) is 10.9 Å². The van der Waals surface area contributed by atoms with Crippen molar-refractivity contribution in [3.63, 3.8) is 0 Å². The number of carbonyl (C=O) groups is 1. The molecule has 1 saturated heterocycles. The SMILES string of the molecule is CNC(=O)C1(C)CCN(c2ccnc3c(N)cccc23)C1. The largest absolute Gasteiger partial charge is 0.397 e. The highest BCUT2D eigenvalue weighted by Crippen LogP contribution is 2.36. The lowest BCUT2D eigenvalue weighted by Gasteiger charge is -2.24. The minimum Gasteiger partial charge on any atom is -0.397 e. The molecule has 2 heterocycles. The molecular weight excluding hydrogens is 264 g/mol. The van der Waals surface area contributed by atoms with Gasteiger partial charge in [0.2, 0.25) is 5.91 Å². The quantitative estimate of drug-likeness (QED) is 0.825. The molecule has 1 aliphatic rings. The van der Waals surface area contributed by atoms with Crippen LogP contribution in [0.3, 0.4) is 0 Å². The number of fused-ring (bicyclic) bond motifs is 1. The van der Waals surface area contributed by atoms with E-state index in [4.69, 9.17) is 5.73 Å². The van der Waals surface area contributed by atoms with Crippen molar-refractivity contribution >= 4 is 28.2 Å². The molecule has 1 fully saturated rings. The number of rotatable bonds is 2. The van der Waals surface area contributed by atoms with Crippen LogP contribution in [0.1, 0.15) is 13.3 Å². The van der Waals surface area contributed by atoms with E-state index >= 15 is 0 Å². The fraction of sp³-hybridized carbons (Fsp3) is 0.375. The van der Waals surface area contributed by atoms with Gasteiger partial charge in [0.15, 0.2) is 0 Å². The monoisotopic (exact) mass is 284 g/mol. The number of nitrogens with zero attached hydrogens (tertiary/aromatic N) is 2. The predicted octanol–water partition coefficient (Wildman–Crippen LogP) is 1.78. The molecule has 3 N–H and O–H groups in total. The van der Waals surface area contributed by atoms with Gasteiger partial charge in [0, 0.05) is 37.4 Å². The van der Waals surface area contributed by atoms with Crippen LogP contribution in [0.5, 0.6) is 0 Å². The summed E-state index contributed by atoms with van der Waals surface area (Å²) in [6, 6.07) is 7.83. The molecule has 1 atom stereocenters. The average molecular weight is 284 g/mol. The number of amides is 1. The smallest absolute Gasteiger partial charge is 0.227 e. The maximum Gasteiger partial charge on any atom is 0.227 e. The van der Waals surface area contributed by atoms with E-state index in [0.717, 1.165) is 29.6 Å². The maximum absolute atomic E-state index is 12.1. The van der Waals surface area contributed by atoms with E-state index < -0.39 is 0 Å². The summed E-state index contributed by atoms with van der Waals surface area (Å²) in [5.74, 6) is 0.0999. The molecule has 2 aromatic rings. The van der Waals surface area contributed by atoms with Crippen molar-refractivity contribution in [1.29, 1.82) is 0 Å². The number of anilines is 2. The summed E-state index contributed by atoms with van der Waals surface area (Å²) in [5.41, 5.74) is 8.26. The van der Waals surface area contributed by atoms with E-state index in [-0.39, 0.29) is 11.3 Å². The zero-order chi connectivity index (χ0) is 15.0. The van der Waals surface area contributed by atoms with Gasteiger partial charge in [-0.15, -0.1) is 0 Å². The number of hydrogen-bond donors (Lipinski definition) is 2. The number of benzene rings is 1. The Labute approximate surface area is 124 Å². The lowest BCUT2D eigenvalue weighted by molar-refractivity contribution is -0.128. The molecule has 0 radical (unpaired) electrons. The molecule has 21 heavy (non-hydrogen) atoms. The molecule has 0 saturated carbocycles. The van der Waals surface area contributed by atoms with Crippen molar-refractivity contribution in [2.24, 2.45) is 5.41 Å². The molecule has 0 spiro atoms. The standard InChI is InChI=1S/C16H20N4O/c1-16(15(21)18-2)7-9-20(10-16)13-6-8-19-14-11(13)4-3-5-12(14)17/h3-6,8H,7,9-10,17H2,1-2H3,(H,18,21). The Kier molecular flexibility index (Phi) is 3.20. The number of nitrogens with one attached hydrogen (secondary N) is 1. The van der Waals surface area contributed by atoms with E-state index in [2.05, 4.69) is 15.2 Å². The van der Waals surface area contributed by atoms with E-state index in [1.807, 2.05) is 31.2 Å². The van der Waals surface area contributed by atoms with Gasteiger partial charge in [0.25, 0.3) is 0 Å². The second-order valence-corrected chi connectivity index (χ2v) is 5.88. The molecule has 0 bridgehead atoms. The number of pyridine rings is 1. The number of carbonyl (C=O) groups excluding carboxylic acids is 1. The maximum atomic E-state index is 12.1. The fourth-order valence-corrected chi connectivity index (χ4v) is 3.11. The van der Waals surface area contributed by atoms with E-state index in [1.54, 1.807) is 13.2 Å². The molecule has 1 amide bonds. The topological polar surface area (TPSA) is 71.2 Å². The summed E-state index contributed by atoms with van der Waals surface area (Å²) < 4.78 is 0. The van der Waals surface area contributed by atoms with E-state index in [1.165, 1.54) is 0 Å². The summed E-state index contributed by atoms with van der Waals surface area (Å²) in [6.45, 7) is 3.59. The fourth-order valence-electron chi connectivity index (χ4n) is 3.11. The minimum atomic E-state index is -0.343. The van der Waals surface area contributed by atoms with Gasteiger partial charge in [-0.2, -0.15) is 0 Å². The Bertz CT molecular complexity index is 700. The lowest BCUT2D eigenvalue weighted by Crippen LogP contribution is -2.39. The van der Waals surface area contributed by atoms with Crippen molar-refractivity contribution in [1.82, 2.24) is 10.3 Å². The van der Waals surface area contributed by atoms with E-state index in [9.17, 15) is 4.79 Å². The highest BCUT2D eigenvalue weighted by atomic mass is 16.2. The number of nitrogens with two attached hydrogens (primary N) is 1. The first-order valence-corrected chi connectivity index (χ1v) is 7.15. The summed E-state index contributed by atoms with van der Waals surface area (Å²) in [7, 11) is 1.69. The van der Waals surface area contributed by atoms with Crippen LogP contribution in [-0.4, -0.2) is 31.0 Å². The molecule has 1 unspecified atom stereocenters. The Hall–Kier alpha value is -2.30. The second-order valence-electron chi connectivity index (χ2n) is 5.88. The van der Waals surface area contributed by atoms with Gasteiger partial charge >= 0.3 is 0 Å². The lowest BCUT2D eigenvalue weighted by atomic mass is 9.89. The van der Waals surface area contributed by atoms with Gasteiger partial charge in [0.1, 0.15) is 0 Å². The zero-order valence-electron chi connectivity index (χ0n) is 12.4. The number of para-hydroxylation sites is 1. The van der Waals surface area contributed by atoms with Crippen molar-refractivity contribution in [2.45, 2.75) is 13.3 Å². The Morgan fingerprint density at radius 1 is 1.43 bits per heavy atom. The summed E-state index contributed by atoms with van der Waals surface area (Å²) >= 11 is 0. The first-order valence-electron chi connectivity index (χ1n) is 7.15. The Morgan fingerprint density at radius 3 is 3.00 bits per heavy atom. The van der Waals surface area contributed by atoms with Gasteiger partial charge in [-0.3, -0.25) is 9.78 Å². The molecular formula is C16H20N4O. The molecule has 110 valence electrons. The van der Waals surface area contributed by atoms with Crippen LogP contribution >= 0.6 is 0 Å². The van der Waals surface area contributed by atoms with Crippen LogP contribution in [0.15, 0.2) is 30.5 Å².